The van der Waals surface area contributed by atoms with E-state index in [0.29, 0.717) is 5.82 Å². The van der Waals surface area contributed by atoms with Crippen molar-refractivity contribution < 1.29 is 9.90 Å². The fraction of sp³-hybridized carbons (Fsp3) is 0.0769. The Bertz CT molecular complexity index is 624. The molecule has 2 rings (SSSR count). The van der Waals surface area contributed by atoms with Crippen molar-refractivity contribution in [2.24, 2.45) is 0 Å². The van der Waals surface area contributed by atoms with Gasteiger partial charge in [0.2, 0.25) is 0 Å². The number of hydrogen-bond donors (Lipinski definition) is 3. The van der Waals surface area contributed by atoms with E-state index in [4.69, 9.17) is 10.8 Å². The van der Waals surface area contributed by atoms with Crippen LogP contribution in [0.1, 0.15) is 15.9 Å². The monoisotopic (exact) mass is 321 g/mol. The number of carboxylic acids is 1. The van der Waals surface area contributed by atoms with Crippen LogP contribution in [-0.2, 0) is 0 Å². The van der Waals surface area contributed by atoms with E-state index in [-0.39, 0.29) is 11.3 Å². The lowest BCUT2D eigenvalue weighted by atomic mass is 10.2. The molecule has 0 atom stereocenters. The van der Waals surface area contributed by atoms with E-state index >= 15 is 0 Å². The molecule has 0 radical (unpaired) electrons. The SMILES string of the molecule is Cc1cc(Br)cc(Nc2ncc(C(=O)O)cc2N)c1. The van der Waals surface area contributed by atoms with Crippen LogP contribution in [0.5, 0.6) is 0 Å². The standard InChI is InChI=1S/C13H12BrN3O2/c1-7-2-9(14)5-10(3-7)17-12-11(15)4-8(6-16-12)13(18)19/h2-6H,15H2,1H3,(H,16,17)(H,18,19). The highest BCUT2D eigenvalue weighted by Crippen LogP contribution is 2.25. The zero-order chi connectivity index (χ0) is 14.0. The molecule has 5 nitrogen and oxygen atoms in total. The molecule has 0 aliphatic rings. The highest BCUT2D eigenvalue weighted by Gasteiger charge is 2.08. The van der Waals surface area contributed by atoms with E-state index < -0.39 is 5.97 Å². The molecule has 2 aromatic rings. The maximum atomic E-state index is 10.8. The average Bonchev–Trinajstić information content (AvgIpc) is 2.30. The van der Waals surface area contributed by atoms with Crippen LogP contribution in [0.15, 0.2) is 34.9 Å². The molecule has 1 aromatic carbocycles. The minimum absolute atomic E-state index is 0.0634. The van der Waals surface area contributed by atoms with E-state index in [1.54, 1.807) is 0 Å². The minimum Gasteiger partial charge on any atom is -0.478 e. The molecule has 1 heterocycles. The number of rotatable bonds is 3. The molecule has 0 saturated carbocycles. The van der Waals surface area contributed by atoms with Crippen molar-refractivity contribution >= 4 is 39.1 Å². The number of anilines is 3. The molecule has 1 aromatic heterocycles. The number of pyridine rings is 1. The number of aromatic carboxylic acids is 1. The molecule has 0 amide bonds. The quantitative estimate of drug-likeness (QED) is 0.808. The number of halogens is 1. The number of nitrogens with two attached hydrogens (primary N) is 1. The van der Waals surface area contributed by atoms with E-state index in [1.807, 2.05) is 25.1 Å². The second kappa shape index (κ2) is 5.27. The molecule has 98 valence electrons. The molecule has 0 aliphatic heterocycles. The Labute approximate surface area is 118 Å². The van der Waals surface area contributed by atoms with Crippen molar-refractivity contribution in [3.8, 4) is 0 Å². The number of carbonyl (C=O) groups is 1. The first kappa shape index (κ1) is 13.4. The highest BCUT2D eigenvalue weighted by atomic mass is 79.9. The average molecular weight is 322 g/mol. The maximum absolute atomic E-state index is 10.8. The molecule has 0 spiro atoms. The number of nitrogens with one attached hydrogen (secondary N) is 1. The van der Waals surface area contributed by atoms with Crippen LogP contribution in [0.3, 0.4) is 0 Å². The fourth-order valence-electron chi connectivity index (χ4n) is 1.65. The second-order valence-corrected chi connectivity index (χ2v) is 5.02. The molecule has 6 heteroatoms. The van der Waals surface area contributed by atoms with Gasteiger partial charge in [-0.2, -0.15) is 0 Å². The normalized spacial score (nSPS) is 10.2. The van der Waals surface area contributed by atoms with Gasteiger partial charge in [-0.3, -0.25) is 0 Å². The number of aryl methyl sites for hydroxylation is 1. The van der Waals surface area contributed by atoms with Gasteiger partial charge in [0.25, 0.3) is 0 Å². The molecular weight excluding hydrogens is 310 g/mol. The molecule has 0 saturated heterocycles. The molecule has 19 heavy (non-hydrogen) atoms. The molecule has 0 unspecified atom stereocenters. The smallest absolute Gasteiger partial charge is 0.337 e. The number of nitrogen functional groups attached to an aromatic ring is 1. The van der Waals surface area contributed by atoms with Crippen LogP contribution in [0.4, 0.5) is 17.2 Å². The Balaban J connectivity index is 2.30. The van der Waals surface area contributed by atoms with Crippen LogP contribution >= 0.6 is 15.9 Å². The summed E-state index contributed by atoms with van der Waals surface area (Å²) in [5.41, 5.74) is 8.04. The van der Waals surface area contributed by atoms with Gasteiger partial charge in [-0.15, -0.1) is 0 Å². The van der Waals surface area contributed by atoms with Gasteiger partial charge >= 0.3 is 5.97 Å². The number of carboxylic acid groups (broad SMARTS) is 1. The van der Waals surface area contributed by atoms with Crippen LogP contribution in [-0.4, -0.2) is 16.1 Å². The van der Waals surface area contributed by atoms with Crippen LogP contribution in [0.2, 0.25) is 0 Å². The van der Waals surface area contributed by atoms with Gasteiger partial charge in [0.1, 0.15) is 0 Å². The number of aromatic nitrogens is 1. The van der Waals surface area contributed by atoms with E-state index in [0.717, 1.165) is 15.7 Å². The predicted molar refractivity (Wildman–Crippen MR) is 77.8 cm³/mol. The third-order valence-electron chi connectivity index (χ3n) is 2.47. The third-order valence-corrected chi connectivity index (χ3v) is 2.93. The molecule has 4 N–H and O–H groups in total. The van der Waals surface area contributed by atoms with Crippen molar-refractivity contribution in [1.82, 2.24) is 4.98 Å². The van der Waals surface area contributed by atoms with Gasteiger partial charge in [0.05, 0.1) is 11.3 Å². The lowest BCUT2D eigenvalue weighted by Gasteiger charge is -2.10. The van der Waals surface area contributed by atoms with Gasteiger partial charge in [0.15, 0.2) is 5.82 Å². The number of nitrogens with zero attached hydrogens (tertiary/aromatic N) is 1. The number of benzene rings is 1. The van der Waals surface area contributed by atoms with E-state index in [2.05, 4.69) is 26.2 Å². The molecule has 0 aliphatic carbocycles. The Kier molecular flexibility index (Phi) is 3.71. The second-order valence-electron chi connectivity index (χ2n) is 4.11. The van der Waals surface area contributed by atoms with Crippen molar-refractivity contribution in [2.45, 2.75) is 6.92 Å². The van der Waals surface area contributed by atoms with Gasteiger partial charge < -0.3 is 16.2 Å². The topological polar surface area (TPSA) is 88.2 Å². The largest absolute Gasteiger partial charge is 0.478 e. The predicted octanol–water partition coefficient (Wildman–Crippen LogP) is 3.18. The molecule has 0 bridgehead atoms. The summed E-state index contributed by atoms with van der Waals surface area (Å²) in [6, 6.07) is 7.19. The number of hydrogen-bond acceptors (Lipinski definition) is 4. The van der Waals surface area contributed by atoms with Crippen molar-refractivity contribution in [2.75, 3.05) is 11.1 Å². The lowest BCUT2D eigenvalue weighted by molar-refractivity contribution is 0.0696. The van der Waals surface area contributed by atoms with Crippen molar-refractivity contribution in [1.29, 1.82) is 0 Å². The van der Waals surface area contributed by atoms with Crippen molar-refractivity contribution in [3.05, 3.63) is 46.1 Å². The fourth-order valence-corrected chi connectivity index (χ4v) is 2.26. The molecule has 0 fully saturated rings. The summed E-state index contributed by atoms with van der Waals surface area (Å²) in [4.78, 5) is 14.8. The zero-order valence-electron chi connectivity index (χ0n) is 10.1. The van der Waals surface area contributed by atoms with Crippen LogP contribution < -0.4 is 11.1 Å². The minimum atomic E-state index is -1.05. The van der Waals surface area contributed by atoms with E-state index in [9.17, 15) is 4.79 Å². The van der Waals surface area contributed by atoms with Gasteiger partial charge in [-0.05, 0) is 36.8 Å². The first-order valence-corrected chi connectivity index (χ1v) is 6.28. The lowest BCUT2D eigenvalue weighted by Crippen LogP contribution is -2.04. The summed E-state index contributed by atoms with van der Waals surface area (Å²) < 4.78 is 0.940. The summed E-state index contributed by atoms with van der Waals surface area (Å²) in [5.74, 6) is -0.619. The summed E-state index contributed by atoms with van der Waals surface area (Å²) >= 11 is 3.41. The summed E-state index contributed by atoms with van der Waals surface area (Å²) in [6.07, 6.45) is 1.27. The van der Waals surface area contributed by atoms with Crippen LogP contribution in [0, 0.1) is 6.92 Å². The van der Waals surface area contributed by atoms with Crippen LogP contribution in [0.25, 0.3) is 0 Å². The third kappa shape index (κ3) is 3.23. The van der Waals surface area contributed by atoms with Gasteiger partial charge in [-0.1, -0.05) is 15.9 Å². The summed E-state index contributed by atoms with van der Waals surface area (Å²) in [7, 11) is 0. The summed E-state index contributed by atoms with van der Waals surface area (Å²) in [5, 5.41) is 11.9. The maximum Gasteiger partial charge on any atom is 0.337 e. The molecular formula is C13H12BrN3O2. The highest BCUT2D eigenvalue weighted by molar-refractivity contribution is 9.10. The summed E-state index contributed by atoms with van der Waals surface area (Å²) in [6.45, 7) is 1.97. The first-order chi connectivity index (χ1) is 8.95. The zero-order valence-corrected chi connectivity index (χ0v) is 11.7. The van der Waals surface area contributed by atoms with E-state index in [1.165, 1.54) is 12.3 Å². The Morgan fingerprint density at radius 1 is 1.37 bits per heavy atom. The Morgan fingerprint density at radius 3 is 2.68 bits per heavy atom. The Morgan fingerprint density at radius 2 is 2.11 bits per heavy atom. The van der Waals surface area contributed by atoms with Crippen molar-refractivity contribution in [3.63, 3.8) is 0 Å². The van der Waals surface area contributed by atoms with Gasteiger partial charge in [-0.25, -0.2) is 9.78 Å². The Hall–Kier alpha value is -2.08. The first-order valence-electron chi connectivity index (χ1n) is 5.49. The van der Waals surface area contributed by atoms with Gasteiger partial charge in [0, 0.05) is 16.4 Å².